The predicted molar refractivity (Wildman–Crippen MR) is 103 cm³/mol. The molecule has 166 valence electrons. The van der Waals surface area contributed by atoms with Crippen LogP contribution in [0.4, 0.5) is 13.2 Å². The Morgan fingerprint density at radius 2 is 1.83 bits per heavy atom. The number of nitrogens with zero attached hydrogens (tertiary/aromatic N) is 1. The first-order valence-corrected chi connectivity index (χ1v) is 10.3. The molecule has 3 atom stereocenters. The van der Waals surface area contributed by atoms with Crippen LogP contribution in [0.1, 0.15) is 31.2 Å². The monoisotopic (exact) mass is 428 g/mol. The van der Waals surface area contributed by atoms with Crippen molar-refractivity contribution in [1.29, 1.82) is 0 Å². The van der Waals surface area contributed by atoms with Crippen molar-refractivity contribution in [2.75, 3.05) is 19.6 Å². The van der Waals surface area contributed by atoms with Gasteiger partial charge < -0.3 is 15.2 Å². The normalized spacial score (nSPS) is 25.9. The molecule has 30 heavy (non-hydrogen) atoms. The smallest absolute Gasteiger partial charge is 0.475 e. The SMILES string of the molecule is O=C(NCC1CC1)[C@@H]1C[C@H]2[C@H](CCN2CCc2ccccc2)O1.O=C(O)C(F)(F)F. The van der Waals surface area contributed by atoms with Crippen LogP contribution in [-0.4, -0.2) is 65.9 Å². The van der Waals surface area contributed by atoms with Gasteiger partial charge in [-0.25, -0.2) is 4.79 Å². The van der Waals surface area contributed by atoms with Crippen LogP contribution in [0.3, 0.4) is 0 Å². The lowest BCUT2D eigenvalue weighted by Gasteiger charge is -2.22. The van der Waals surface area contributed by atoms with Gasteiger partial charge in [0.05, 0.1) is 6.10 Å². The number of carbonyl (C=O) groups excluding carboxylic acids is 1. The Labute approximate surface area is 173 Å². The van der Waals surface area contributed by atoms with E-state index < -0.39 is 12.1 Å². The maximum absolute atomic E-state index is 12.2. The van der Waals surface area contributed by atoms with Crippen molar-refractivity contribution in [1.82, 2.24) is 10.2 Å². The molecule has 1 aromatic carbocycles. The summed E-state index contributed by atoms with van der Waals surface area (Å²) in [5.74, 6) is -1.93. The number of halogens is 3. The molecule has 0 spiro atoms. The Morgan fingerprint density at radius 1 is 1.17 bits per heavy atom. The van der Waals surface area contributed by atoms with Gasteiger partial charge in [-0.15, -0.1) is 0 Å². The van der Waals surface area contributed by atoms with Gasteiger partial charge in [0.1, 0.15) is 6.10 Å². The predicted octanol–water partition coefficient (Wildman–Crippen LogP) is 2.62. The number of carboxylic acids is 1. The van der Waals surface area contributed by atoms with E-state index in [0.29, 0.717) is 6.04 Å². The summed E-state index contributed by atoms with van der Waals surface area (Å²) in [5, 5.41) is 10.2. The maximum Gasteiger partial charge on any atom is 0.490 e. The van der Waals surface area contributed by atoms with E-state index >= 15 is 0 Å². The summed E-state index contributed by atoms with van der Waals surface area (Å²) in [6.07, 6.45) is 0.463. The van der Waals surface area contributed by atoms with Crippen molar-refractivity contribution in [3.8, 4) is 0 Å². The van der Waals surface area contributed by atoms with Gasteiger partial charge in [-0.05, 0) is 37.2 Å². The molecule has 1 saturated carbocycles. The third kappa shape index (κ3) is 6.43. The molecule has 2 heterocycles. The van der Waals surface area contributed by atoms with Gasteiger partial charge >= 0.3 is 12.1 Å². The first-order chi connectivity index (χ1) is 14.2. The summed E-state index contributed by atoms with van der Waals surface area (Å²) in [7, 11) is 0. The number of benzene rings is 1. The number of rotatable bonds is 6. The van der Waals surface area contributed by atoms with Crippen LogP contribution >= 0.6 is 0 Å². The number of hydrogen-bond donors (Lipinski definition) is 2. The number of hydrogen-bond acceptors (Lipinski definition) is 4. The zero-order valence-electron chi connectivity index (χ0n) is 16.6. The number of amides is 1. The molecule has 2 saturated heterocycles. The van der Waals surface area contributed by atoms with Crippen LogP contribution in [0.25, 0.3) is 0 Å². The molecule has 0 bridgehead atoms. The highest BCUT2D eigenvalue weighted by atomic mass is 19.4. The second-order valence-corrected chi connectivity index (χ2v) is 8.02. The summed E-state index contributed by atoms with van der Waals surface area (Å²) in [5.41, 5.74) is 1.38. The third-order valence-electron chi connectivity index (χ3n) is 5.72. The molecule has 3 fully saturated rings. The standard InChI is InChI=1S/C19H26N2O2.C2HF3O2/c22-19(20-13-15-6-7-15)18-12-16-17(23-18)9-11-21(16)10-8-14-4-2-1-3-5-14;3-2(4,5)1(6)7/h1-5,15-18H,6-13H2,(H,20,22);(H,6,7)/t16-,17-,18-;/m0./s1. The molecule has 9 heteroatoms. The number of nitrogens with one attached hydrogen (secondary N) is 1. The Kier molecular flexibility index (Phi) is 7.36. The van der Waals surface area contributed by atoms with Crippen molar-refractivity contribution >= 4 is 11.9 Å². The number of fused-ring (bicyclic) bond motifs is 1. The van der Waals surface area contributed by atoms with Crippen LogP contribution in [0.5, 0.6) is 0 Å². The number of alkyl halides is 3. The van der Waals surface area contributed by atoms with E-state index in [1.54, 1.807) is 0 Å². The topological polar surface area (TPSA) is 78.9 Å². The van der Waals surface area contributed by atoms with E-state index in [1.165, 1.54) is 18.4 Å². The zero-order chi connectivity index (χ0) is 21.7. The Balaban J connectivity index is 0.000000318. The molecule has 4 rings (SSSR count). The van der Waals surface area contributed by atoms with E-state index in [-0.39, 0.29) is 18.1 Å². The van der Waals surface area contributed by atoms with Gasteiger partial charge in [0.25, 0.3) is 0 Å². The molecule has 1 amide bonds. The molecule has 0 aromatic heterocycles. The number of ether oxygens (including phenoxy) is 1. The van der Waals surface area contributed by atoms with Crippen LogP contribution in [-0.2, 0) is 20.7 Å². The molecule has 1 aliphatic carbocycles. The van der Waals surface area contributed by atoms with E-state index in [9.17, 15) is 18.0 Å². The highest BCUT2D eigenvalue weighted by Gasteiger charge is 2.45. The summed E-state index contributed by atoms with van der Waals surface area (Å²) in [6.45, 7) is 3.00. The summed E-state index contributed by atoms with van der Waals surface area (Å²) in [6, 6.07) is 11.1. The van der Waals surface area contributed by atoms with Gasteiger partial charge in [-0.1, -0.05) is 30.3 Å². The van der Waals surface area contributed by atoms with E-state index in [4.69, 9.17) is 14.6 Å². The second-order valence-electron chi connectivity index (χ2n) is 8.02. The average Bonchev–Trinajstić information content (AvgIpc) is 3.32. The molecular weight excluding hydrogens is 401 g/mol. The molecule has 1 aromatic rings. The summed E-state index contributed by atoms with van der Waals surface area (Å²) < 4.78 is 37.8. The van der Waals surface area contributed by atoms with Gasteiger partial charge in [-0.3, -0.25) is 9.69 Å². The first kappa shape index (κ1) is 22.6. The Morgan fingerprint density at radius 3 is 2.43 bits per heavy atom. The molecule has 0 unspecified atom stereocenters. The molecule has 3 aliphatic rings. The fourth-order valence-corrected chi connectivity index (χ4v) is 3.88. The highest BCUT2D eigenvalue weighted by molar-refractivity contribution is 5.81. The fourth-order valence-electron chi connectivity index (χ4n) is 3.88. The van der Waals surface area contributed by atoms with Crippen LogP contribution < -0.4 is 5.32 Å². The number of carboxylic acid groups (broad SMARTS) is 1. The second kappa shape index (κ2) is 9.78. The van der Waals surface area contributed by atoms with Gasteiger partial charge in [0.15, 0.2) is 0 Å². The Hall–Kier alpha value is -2.13. The minimum atomic E-state index is -5.08. The van der Waals surface area contributed by atoms with E-state index in [1.807, 2.05) is 0 Å². The quantitative estimate of drug-likeness (QED) is 0.728. The average molecular weight is 428 g/mol. The van der Waals surface area contributed by atoms with Crippen molar-refractivity contribution < 1.29 is 32.6 Å². The van der Waals surface area contributed by atoms with Gasteiger partial charge in [0.2, 0.25) is 5.91 Å². The molecule has 2 N–H and O–H groups in total. The minimum Gasteiger partial charge on any atom is -0.475 e. The number of likely N-dealkylation sites (tertiary alicyclic amines) is 1. The van der Waals surface area contributed by atoms with Crippen molar-refractivity contribution in [2.45, 2.75) is 56.5 Å². The first-order valence-electron chi connectivity index (χ1n) is 10.3. The lowest BCUT2D eigenvalue weighted by Crippen LogP contribution is -2.37. The molecule has 2 aliphatic heterocycles. The van der Waals surface area contributed by atoms with Crippen molar-refractivity contribution in [3.05, 3.63) is 35.9 Å². The van der Waals surface area contributed by atoms with Crippen molar-refractivity contribution in [3.63, 3.8) is 0 Å². The molecule has 6 nitrogen and oxygen atoms in total. The highest BCUT2D eigenvalue weighted by Crippen LogP contribution is 2.33. The summed E-state index contributed by atoms with van der Waals surface area (Å²) >= 11 is 0. The zero-order valence-corrected chi connectivity index (χ0v) is 16.6. The van der Waals surface area contributed by atoms with Crippen LogP contribution in [0.2, 0.25) is 0 Å². The van der Waals surface area contributed by atoms with Gasteiger partial charge in [-0.2, -0.15) is 13.2 Å². The van der Waals surface area contributed by atoms with E-state index in [2.05, 4.69) is 40.5 Å². The third-order valence-corrected chi connectivity index (χ3v) is 5.72. The lowest BCUT2D eigenvalue weighted by atomic mass is 10.1. The van der Waals surface area contributed by atoms with Gasteiger partial charge in [0, 0.05) is 32.1 Å². The number of aliphatic carboxylic acids is 1. The molecular formula is C21H27F3N2O4. The number of carbonyl (C=O) groups is 2. The van der Waals surface area contributed by atoms with Crippen molar-refractivity contribution in [2.24, 2.45) is 5.92 Å². The molecule has 0 radical (unpaired) electrons. The summed E-state index contributed by atoms with van der Waals surface area (Å²) in [4.78, 5) is 23.7. The minimum absolute atomic E-state index is 0.106. The van der Waals surface area contributed by atoms with E-state index in [0.717, 1.165) is 44.8 Å². The van der Waals surface area contributed by atoms with Crippen LogP contribution in [0.15, 0.2) is 30.3 Å². The maximum atomic E-state index is 12.2. The van der Waals surface area contributed by atoms with Crippen LogP contribution in [0, 0.1) is 5.92 Å². The largest absolute Gasteiger partial charge is 0.490 e. The lowest BCUT2D eigenvalue weighted by molar-refractivity contribution is -0.192. The fraction of sp³-hybridized carbons (Fsp3) is 0.619. The Bertz CT molecular complexity index is 725.